The maximum atomic E-state index is 15.0. The second kappa shape index (κ2) is 51.5. The lowest BCUT2D eigenvalue weighted by atomic mass is 10.1. The molecule has 33 heteroatoms. The van der Waals surface area contributed by atoms with Crippen LogP contribution in [0.15, 0.2) is 58.8 Å². The zero-order valence-corrected chi connectivity index (χ0v) is 49.5. The van der Waals surface area contributed by atoms with Gasteiger partial charge in [0, 0.05) is 85.7 Å². The zero-order valence-electron chi connectivity index (χ0n) is 48.7. The van der Waals surface area contributed by atoms with E-state index in [1.165, 1.54) is 47.4 Å². The molecule has 484 valence electrons. The Morgan fingerprint density at radius 2 is 1.01 bits per heavy atom. The minimum atomic E-state index is -1.00. The van der Waals surface area contributed by atoms with E-state index in [9.17, 15) is 33.6 Å². The molecule has 0 heterocycles. The van der Waals surface area contributed by atoms with E-state index >= 15 is 4.39 Å². The number of amides is 7. The molecule has 0 saturated carbocycles. The zero-order chi connectivity index (χ0) is 63.2. The Labute approximate surface area is 508 Å². The summed E-state index contributed by atoms with van der Waals surface area (Å²) in [7, 11) is 0. The Hall–Kier alpha value is -7.77. The van der Waals surface area contributed by atoms with Gasteiger partial charge in [0.15, 0.2) is 0 Å². The lowest BCUT2D eigenvalue weighted by molar-refractivity contribution is -0.129. The number of nitrogens with one attached hydrogen (secondary N) is 6. The number of hydrogen-bond donors (Lipinski definition) is 7. The maximum Gasteiger partial charge on any atom is 0.407 e. The monoisotopic (exact) mass is 1250 g/mol. The van der Waals surface area contributed by atoms with Crippen LogP contribution in [-0.2, 0) is 63.5 Å². The molecular formula is C54H81ClFN13O18. The summed E-state index contributed by atoms with van der Waals surface area (Å²) in [4.78, 5) is 92.0. The van der Waals surface area contributed by atoms with Crippen molar-refractivity contribution in [3.05, 3.63) is 86.4 Å². The number of unbranched alkanes of at least 4 members (excludes halogenated alkanes) is 6. The smallest absolute Gasteiger partial charge is 0.407 e. The van der Waals surface area contributed by atoms with E-state index in [1.54, 1.807) is 5.48 Å². The van der Waals surface area contributed by atoms with Gasteiger partial charge in [0.2, 0.25) is 11.8 Å². The van der Waals surface area contributed by atoms with Crippen molar-refractivity contribution < 1.29 is 90.5 Å². The molecule has 87 heavy (non-hydrogen) atoms. The third-order valence-electron chi connectivity index (χ3n) is 11.4. The van der Waals surface area contributed by atoms with Crippen LogP contribution in [0, 0.1) is 5.82 Å². The summed E-state index contributed by atoms with van der Waals surface area (Å²) in [6.45, 7) is 3.32. The highest BCUT2D eigenvalue weighted by molar-refractivity contribution is 6.17. The lowest BCUT2D eigenvalue weighted by Gasteiger charge is -2.24. The van der Waals surface area contributed by atoms with Gasteiger partial charge in [-0.2, -0.15) is 0 Å². The van der Waals surface area contributed by atoms with Crippen LogP contribution in [0.3, 0.4) is 0 Å². The molecule has 0 fully saturated rings. The van der Waals surface area contributed by atoms with Gasteiger partial charge >= 0.3 is 24.4 Å². The van der Waals surface area contributed by atoms with E-state index in [0.29, 0.717) is 70.2 Å². The van der Waals surface area contributed by atoms with Crippen molar-refractivity contribution in [2.45, 2.75) is 70.8 Å². The van der Waals surface area contributed by atoms with Gasteiger partial charge in [-0.15, -0.1) is 11.6 Å². The first-order valence-corrected chi connectivity index (χ1v) is 28.8. The van der Waals surface area contributed by atoms with Gasteiger partial charge in [0.25, 0.3) is 5.91 Å². The topological polar surface area (TPSA) is 405 Å². The van der Waals surface area contributed by atoms with Crippen LogP contribution in [0.2, 0.25) is 0 Å². The molecule has 0 aliphatic heterocycles. The number of alkyl carbamates (subject to hydrolysis) is 4. The highest BCUT2D eigenvalue weighted by atomic mass is 35.5. The van der Waals surface area contributed by atoms with Gasteiger partial charge in [-0.25, -0.2) is 29.0 Å². The van der Waals surface area contributed by atoms with Crippen molar-refractivity contribution >= 4 is 70.8 Å². The lowest BCUT2D eigenvalue weighted by Crippen LogP contribution is -2.38. The molecular weight excluding hydrogens is 1170 g/mol. The van der Waals surface area contributed by atoms with Crippen LogP contribution in [-0.4, -0.2) is 197 Å². The first kappa shape index (κ1) is 75.3. The maximum absolute atomic E-state index is 15.0. The van der Waals surface area contributed by atoms with Crippen molar-refractivity contribution in [1.82, 2.24) is 31.6 Å². The van der Waals surface area contributed by atoms with Crippen molar-refractivity contribution in [3.8, 4) is 0 Å². The van der Waals surface area contributed by atoms with E-state index in [4.69, 9.17) is 75.2 Å². The number of hydroxylamine groups is 1. The standard InChI is InChI=1S/C54H81ClFN13O18/c55-17-7-3-4-8-23-78-29-30-79-28-21-62-54(76)87-38-36-83-34-32-81-27-20-61-53(75)85-25-10-9-24-84-52(74)60-19-26-80-31-33-82-35-37-86-51(73)59-18-22-69(41-42-39-45(56)49(65-68-58)46(40-42)64-67-57)50(72)43-13-15-44(16-14-43)63-47(70)11-5-1-2-6-12-48(71)66-77/h9-10,13-16,39-40,77H,1-8,11-12,17-38,41H2,(H,59,73)(H,60,74)(H,61,75)(H,62,76)(H,63,70)(H,66,71)/b10-9+. The van der Waals surface area contributed by atoms with Crippen molar-refractivity contribution in [1.29, 1.82) is 0 Å². The Morgan fingerprint density at radius 3 is 1.53 bits per heavy atom. The second-order valence-electron chi connectivity index (χ2n) is 18.1. The van der Waals surface area contributed by atoms with E-state index in [-0.39, 0.29) is 148 Å². The van der Waals surface area contributed by atoms with Gasteiger partial charge in [-0.05, 0) is 90.9 Å². The first-order chi connectivity index (χ1) is 42.4. The summed E-state index contributed by atoms with van der Waals surface area (Å²) in [6, 6.07) is 8.27. The molecule has 0 aliphatic carbocycles. The summed E-state index contributed by atoms with van der Waals surface area (Å²) >= 11 is 5.65. The molecule has 0 radical (unpaired) electrons. The molecule has 7 N–H and O–H groups in total. The van der Waals surface area contributed by atoms with Crippen molar-refractivity contribution in [2.24, 2.45) is 10.2 Å². The normalized spacial score (nSPS) is 10.7. The van der Waals surface area contributed by atoms with E-state index in [0.717, 1.165) is 31.7 Å². The van der Waals surface area contributed by atoms with Crippen LogP contribution < -0.4 is 32.1 Å². The van der Waals surface area contributed by atoms with E-state index < -0.39 is 47.7 Å². The third kappa shape index (κ3) is 40.3. The van der Waals surface area contributed by atoms with Crippen molar-refractivity contribution in [3.63, 3.8) is 0 Å². The van der Waals surface area contributed by atoms with E-state index in [1.807, 2.05) is 0 Å². The molecule has 0 spiro atoms. The molecule has 2 rings (SSSR count). The molecule has 0 saturated heterocycles. The molecule has 7 amide bonds. The molecule has 2 aromatic rings. The molecule has 31 nitrogen and oxygen atoms in total. The number of halogens is 2. The number of anilines is 1. The van der Waals surface area contributed by atoms with Gasteiger partial charge < -0.3 is 78.9 Å². The van der Waals surface area contributed by atoms with E-state index in [2.05, 4.69) is 46.6 Å². The predicted molar refractivity (Wildman–Crippen MR) is 312 cm³/mol. The van der Waals surface area contributed by atoms with Gasteiger partial charge in [-0.1, -0.05) is 35.9 Å². The molecule has 2 aromatic carbocycles. The molecule has 0 bridgehead atoms. The van der Waals surface area contributed by atoms with Gasteiger partial charge in [-0.3, -0.25) is 19.6 Å². The third-order valence-corrected chi connectivity index (χ3v) is 11.6. The predicted octanol–water partition coefficient (Wildman–Crippen LogP) is 7.50. The van der Waals surface area contributed by atoms with Crippen molar-refractivity contribution in [2.75, 3.05) is 150 Å². The van der Waals surface area contributed by atoms with Gasteiger partial charge in [0.05, 0.1) is 84.1 Å². The number of benzene rings is 2. The molecule has 0 unspecified atom stereocenters. The Balaban J connectivity index is 1.53. The molecule has 0 aliphatic rings. The number of carbonyl (C=O) groups is 7. The number of alkyl halides is 1. The van der Waals surface area contributed by atoms with Crippen LogP contribution in [0.1, 0.15) is 80.1 Å². The average molecular weight is 1250 g/mol. The van der Waals surface area contributed by atoms with Crippen LogP contribution in [0.5, 0.6) is 0 Å². The number of nitrogens with zero attached hydrogens (tertiary/aromatic N) is 7. The largest absolute Gasteiger partial charge is 0.447 e. The number of azide groups is 2. The SMILES string of the molecule is [N-]=[N+]=Nc1cc(CN(CCNC(=O)OCCOCCOCCNC(=O)OC/C=C/COC(=O)NCCOCCOCCOC(=O)NCCOCCOCCCCCCCl)C(=O)c2ccc(NC(=O)CCCCCCC(=O)NO)cc2)cc(F)c1N=[N+]=[N-]. The fraction of sp³-hybridized carbons (Fsp3) is 0.611. The fourth-order valence-electron chi connectivity index (χ4n) is 7.12. The minimum Gasteiger partial charge on any atom is -0.447 e. The first-order valence-electron chi connectivity index (χ1n) is 28.2. The highest BCUT2D eigenvalue weighted by Gasteiger charge is 2.20. The summed E-state index contributed by atoms with van der Waals surface area (Å²) < 4.78 is 67.7. The van der Waals surface area contributed by atoms with Crippen LogP contribution >= 0.6 is 11.6 Å². The number of ether oxygens (including phenoxy) is 10. The molecule has 0 atom stereocenters. The second-order valence-corrected chi connectivity index (χ2v) is 18.4. The Kier molecular flexibility index (Phi) is 44.5. The quantitative estimate of drug-likeness (QED) is 0.00388. The number of hydrogen-bond acceptors (Lipinski definition) is 20. The fourth-order valence-corrected chi connectivity index (χ4v) is 7.30. The highest BCUT2D eigenvalue weighted by Crippen LogP contribution is 2.33. The minimum absolute atomic E-state index is 0.0200. The molecule has 0 aromatic heterocycles. The Bertz CT molecular complexity index is 2440. The van der Waals surface area contributed by atoms with Gasteiger partial charge in [0.1, 0.15) is 32.2 Å². The summed E-state index contributed by atoms with van der Waals surface area (Å²) in [6.07, 6.45) is 7.41. The average Bonchev–Trinajstić information content (AvgIpc) is 3.30. The number of rotatable bonds is 50. The summed E-state index contributed by atoms with van der Waals surface area (Å²) in [5, 5.41) is 28.2. The number of carbonyl (C=O) groups excluding carboxylic acids is 7. The van der Waals surface area contributed by atoms with Crippen LogP contribution in [0.25, 0.3) is 20.9 Å². The van der Waals surface area contributed by atoms with Crippen LogP contribution in [0.4, 0.5) is 40.6 Å². The Morgan fingerprint density at radius 1 is 0.552 bits per heavy atom. The summed E-state index contributed by atoms with van der Waals surface area (Å²) in [5.74, 6) is -1.59. The summed E-state index contributed by atoms with van der Waals surface area (Å²) in [5.41, 5.74) is 19.4.